The molecule has 4 aromatic rings. The van der Waals surface area contributed by atoms with Crippen molar-refractivity contribution in [2.45, 2.75) is 19.0 Å². The molecule has 7 heteroatoms. The minimum absolute atomic E-state index is 0.00890. The van der Waals surface area contributed by atoms with Gasteiger partial charge in [-0.3, -0.25) is 14.3 Å². The Morgan fingerprint density at radius 3 is 2.68 bits per heavy atom. The summed E-state index contributed by atoms with van der Waals surface area (Å²) in [5.41, 5.74) is 1.10. The third-order valence-corrected chi connectivity index (χ3v) is 4.48. The third-order valence-electron chi connectivity index (χ3n) is 4.48. The zero-order chi connectivity index (χ0) is 19.3. The van der Waals surface area contributed by atoms with E-state index in [2.05, 4.69) is 15.4 Å². The van der Waals surface area contributed by atoms with Crippen molar-refractivity contribution >= 4 is 16.9 Å². The Bertz CT molecular complexity index is 1140. The highest BCUT2D eigenvalue weighted by Gasteiger charge is 2.19. The molecule has 0 spiro atoms. The Morgan fingerprint density at radius 2 is 1.89 bits per heavy atom. The van der Waals surface area contributed by atoms with Crippen LogP contribution in [0.25, 0.3) is 11.0 Å². The second kappa shape index (κ2) is 7.87. The molecule has 2 aromatic heterocycles. The molecular formula is C21H18N4O3. The summed E-state index contributed by atoms with van der Waals surface area (Å²) in [4.78, 5) is 29.0. The van der Waals surface area contributed by atoms with Crippen molar-refractivity contribution < 1.29 is 9.21 Å². The van der Waals surface area contributed by atoms with E-state index in [0.717, 1.165) is 5.56 Å². The molecule has 28 heavy (non-hydrogen) atoms. The number of hydrogen-bond donors (Lipinski definition) is 1. The highest BCUT2D eigenvalue weighted by molar-refractivity contribution is 5.93. The Balaban J connectivity index is 1.59. The predicted molar refractivity (Wildman–Crippen MR) is 104 cm³/mol. The average molecular weight is 374 g/mol. The molecule has 0 saturated heterocycles. The fourth-order valence-corrected chi connectivity index (χ4v) is 3.06. The predicted octanol–water partition coefficient (Wildman–Crippen LogP) is 2.95. The Labute approximate surface area is 160 Å². The van der Waals surface area contributed by atoms with Crippen LogP contribution < -0.4 is 10.7 Å². The first-order valence-corrected chi connectivity index (χ1v) is 8.92. The van der Waals surface area contributed by atoms with Gasteiger partial charge in [-0.2, -0.15) is 5.10 Å². The number of hydrogen-bond acceptors (Lipinski definition) is 5. The molecule has 0 aliphatic rings. The summed E-state index contributed by atoms with van der Waals surface area (Å²) in [7, 11) is 0. The SMILES string of the molecule is O=C(N[C@H](CCn1cncn1)c1ccccc1)c1cc(=O)c2ccccc2o1. The van der Waals surface area contributed by atoms with Crippen LogP contribution in [0, 0.1) is 0 Å². The van der Waals surface area contributed by atoms with Crippen LogP contribution in [-0.4, -0.2) is 20.7 Å². The molecule has 4 rings (SSSR count). The molecule has 2 aromatic carbocycles. The van der Waals surface area contributed by atoms with Crippen LogP contribution in [0.4, 0.5) is 0 Å². The lowest BCUT2D eigenvalue weighted by molar-refractivity contribution is 0.0905. The van der Waals surface area contributed by atoms with Gasteiger partial charge in [-0.15, -0.1) is 0 Å². The molecular weight excluding hydrogens is 356 g/mol. The number of rotatable bonds is 6. The van der Waals surface area contributed by atoms with Gasteiger partial charge in [0, 0.05) is 12.6 Å². The van der Waals surface area contributed by atoms with Gasteiger partial charge in [-0.05, 0) is 24.1 Å². The summed E-state index contributed by atoms with van der Waals surface area (Å²) in [5, 5.41) is 7.52. The number of amides is 1. The van der Waals surface area contributed by atoms with Crippen molar-refractivity contribution in [2.75, 3.05) is 0 Å². The van der Waals surface area contributed by atoms with Crippen molar-refractivity contribution in [1.29, 1.82) is 0 Å². The molecule has 1 atom stereocenters. The van der Waals surface area contributed by atoms with Crippen LogP contribution >= 0.6 is 0 Å². The Kier molecular flexibility index (Phi) is 4.97. The van der Waals surface area contributed by atoms with E-state index < -0.39 is 5.91 Å². The average Bonchev–Trinajstić information content (AvgIpc) is 3.25. The molecule has 140 valence electrons. The molecule has 0 aliphatic carbocycles. The standard InChI is InChI=1S/C21H18N4O3/c26-18-12-20(28-19-9-5-4-8-16(18)19)21(27)24-17(15-6-2-1-3-7-15)10-11-25-14-22-13-23-25/h1-9,12-14,17H,10-11H2,(H,24,27)/t17-/m1/s1. The van der Waals surface area contributed by atoms with Crippen molar-refractivity contribution in [1.82, 2.24) is 20.1 Å². The topological polar surface area (TPSA) is 90.0 Å². The van der Waals surface area contributed by atoms with Gasteiger partial charge in [0.05, 0.1) is 11.4 Å². The molecule has 1 amide bonds. The number of nitrogens with zero attached hydrogens (tertiary/aromatic N) is 3. The minimum atomic E-state index is -0.435. The van der Waals surface area contributed by atoms with E-state index in [1.807, 2.05) is 30.3 Å². The highest BCUT2D eigenvalue weighted by atomic mass is 16.3. The maximum Gasteiger partial charge on any atom is 0.287 e. The van der Waals surface area contributed by atoms with E-state index in [4.69, 9.17) is 4.42 Å². The van der Waals surface area contributed by atoms with Crippen LogP contribution in [0.5, 0.6) is 0 Å². The molecule has 1 N–H and O–H groups in total. The van der Waals surface area contributed by atoms with Gasteiger partial charge in [0.25, 0.3) is 5.91 Å². The molecule has 0 aliphatic heterocycles. The Hall–Kier alpha value is -3.74. The summed E-state index contributed by atoms with van der Waals surface area (Å²) in [6.45, 7) is 0.585. The number of carbonyl (C=O) groups excluding carboxylic acids is 1. The minimum Gasteiger partial charge on any atom is -0.451 e. The molecule has 2 heterocycles. The molecule has 0 bridgehead atoms. The van der Waals surface area contributed by atoms with E-state index in [9.17, 15) is 9.59 Å². The lowest BCUT2D eigenvalue weighted by Gasteiger charge is -2.19. The van der Waals surface area contributed by atoms with E-state index in [-0.39, 0.29) is 17.2 Å². The molecule has 0 fully saturated rings. The number of nitrogens with one attached hydrogen (secondary N) is 1. The van der Waals surface area contributed by atoms with E-state index in [1.165, 1.54) is 12.4 Å². The zero-order valence-electron chi connectivity index (χ0n) is 15.0. The summed E-state index contributed by atoms with van der Waals surface area (Å²) in [5.74, 6) is -0.444. The first-order valence-electron chi connectivity index (χ1n) is 8.92. The fourth-order valence-electron chi connectivity index (χ4n) is 3.06. The summed E-state index contributed by atoms with van der Waals surface area (Å²) < 4.78 is 7.36. The van der Waals surface area contributed by atoms with Crippen LogP contribution in [0.15, 0.2) is 82.5 Å². The van der Waals surface area contributed by atoms with Crippen LogP contribution in [-0.2, 0) is 6.54 Å². The number of benzene rings is 2. The monoisotopic (exact) mass is 374 g/mol. The van der Waals surface area contributed by atoms with Crippen molar-refractivity contribution in [3.63, 3.8) is 0 Å². The van der Waals surface area contributed by atoms with E-state index in [1.54, 1.807) is 35.3 Å². The molecule has 0 unspecified atom stereocenters. The van der Waals surface area contributed by atoms with Crippen molar-refractivity contribution in [2.24, 2.45) is 0 Å². The fraction of sp³-hybridized carbons (Fsp3) is 0.143. The highest BCUT2D eigenvalue weighted by Crippen LogP contribution is 2.19. The molecule has 0 saturated carbocycles. The first kappa shape index (κ1) is 17.7. The maximum absolute atomic E-state index is 12.8. The molecule has 0 radical (unpaired) electrons. The van der Waals surface area contributed by atoms with E-state index >= 15 is 0 Å². The van der Waals surface area contributed by atoms with Gasteiger partial charge < -0.3 is 9.73 Å². The van der Waals surface area contributed by atoms with Crippen molar-refractivity contribution in [3.8, 4) is 0 Å². The van der Waals surface area contributed by atoms with Crippen LogP contribution in [0.2, 0.25) is 0 Å². The van der Waals surface area contributed by atoms with Crippen LogP contribution in [0.3, 0.4) is 0 Å². The normalized spacial score (nSPS) is 12.0. The second-order valence-electron chi connectivity index (χ2n) is 6.36. The van der Waals surface area contributed by atoms with Gasteiger partial charge in [-0.25, -0.2) is 4.98 Å². The third kappa shape index (κ3) is 3.83. The number of para-hydroxylation sites is 1. The largest absolute Gasteiger partial charge is 0.451 e. The zero-order valence-corrected chi connectivity index (χ0v) is 15.0. The Morgan fingerprint density at radius 1 is 1.11 bits per heavy atom. The van der Waals surface area contributed by atoms with Gasteiger partial charge in [0.2, 0.25) is 0 Å². The molecule has 7 nitrogen and oxygen atoms in total. The van der Waals surface area contributed by atoms with Crippen LogP contribution in [0.1, 0.15) is 28.6 Å². The number of aryl methyl sites for hydroxylation is 1. The van der Waals surface area contributed by atoms with E-state index in [0.29, 0.717) is 23.9 Å². The number of aromatic nitrogens is 3. The smallest absolute Gasteiger partial charge is 0.287 e. The number of fused-ring (bicyclic) bond motifs is 1. The summed E-state index contributed by atoms with van der Waals surface area (Å²) in [6, 6.07) is 17.5. The van der Waals surface area contributed by atoms with Gasteiger partial charge >= 0.3 is 0 Å². The maximum atomic E-state index is 12.8. The summed E-state index contributed by atoms with van der Waals surface area (Å²) in [6.07, 6.45) is 3.71. The van der Waals surface area contributed by atoms with Crippen molar-refractivity contribution in [3.05, 3.63) is 94.9 Å². The lowest BCUT2D eigenvalue weighted by Crippen LogP contribution is -2.30. The van der Waals surface area contributed by atoms with Gasteiger partial charge in [-0.1, -0.05) is 42.5 Å². The second-order valence-corrected chi connectivity index (χ2v) is 6.36. The first-order chi connectivity index (χ1) is 13.7. The quantitative estimate of drug-likeness (QED) is 0.560. The number of carbonyl (C=O) groups is 1. The van der Waals surface area contributed by atoms with Gasteiger partial charge in [0.15, 0.2) is 11.2 Å². The van der Waals surface area contributed by atoms with Gasteiger partial charge in [0.1, 0.15) is 18.2 Å². The lowest BCUT2D eigenvalue weighted by atomic mass is 10.0. The summed E-state index contributed by atoms with van der Waals surface area (Å²) >= 11 is 0.